The second-order valence-corrected chi connectivity index (χ2v) is 7.54. The van der Waals surface area contributed by atoms with E-state index in [0.717, 1.165) is 0 Å². The highest BCUT2D eigenvalue weighted by Crippen LogP contribution is 2.10. The van der Waals surface area contributed by atoms with Crippen LogP contribution < -0.4 is 5.32 Å². The summed E-state index contributed by atoms with van der Waals surface area (Å²) in [6.45, 7) is 2.18. The number of amides is 2. The smallest absolute Gasteiger partial charge is 0.409 e. The van der Waals surface area contributed by atoms with Gasteiger partial charge >= 0.3 is 6.09 Å². The normalized spacial score (nSPS) is 25.5. The van der Waals surface area contributed by atoms with Gasteiger partial charge in [0.2, 0.25) is 5.91 Å². The summed E-state index contributed by atoms with van der Waals surface area (Å²) in [5.74, 6) is 0.0743. The molecule has 2 heterocycles. The number of carbonyl (C=O) groups excluding carboxylic acids is 2. The summed E-state index contributed by atoms with van der Waals surface area (Å²) in [4.78, 5) is 26.8. The molecule has 0 spiro atoms. The summed E-state index contributed by atoms with van der Waals surface area (Å²) in [5, 5.41) is 3.07. The molecule has 8 nitrogen and oxygen atoms in total. The molecule has 2 aliphatic rings. The largest absolute Gasteiger partial charge is 0.453 e. The van der Waals surface area contributed by atoms with Gasteiger partial charge in [0.1, 0.15) is 0 Å². The van der Waals surface area contributed by atoms with Crippen molar-refractivity contribution in [1.29, 1.82) is 0 Å². The van der Waals surface area contributed by atoms with Gasteiger partial charge in [-0.05, 0) is 0 Å². The van der Waals surface area contributed by atoms with Crippen molar-refractivity contribution in [2.45, 2.75) is 12.5 Å². The summed E-state index contributed by atoms with van der Waals surface area (Å²) in [6.07, 6.45) is -0.209. The van der Waals surface area contributed by atoms with Gasteiger partial charge in [-0.25, -0.2) is 13.2 Å². The second kappa shape index (κ2) is 6.61. The van der Waals surface area contributed by atoms with Crippen LogP contribution in [0.3, 0.4) is 0 Å². The Morgan fingerprint density at radius 3 is 2.38 bits per heavy atom. The molecule has 2 fully saturated rings. The Morgan fingerprint density at radius 1 is 1.19 bits per heavy atom. The zero-order valence-electron chi connectivity index (χ0n) is 12.1. The molecule has 2 aliphatic heterocycles. The Hall–Kier alpha value is -1.35. The second-order valence-electron chi connectivity index (χ2n) is 5.31. The Labute approximate surface area is 124 Å². The quantitative estimate of drug-likeness (QED) is 0.678. The van der Waals surface area contributed by atoms with Crippen molar-refractivity contribution in [3.63, 3.8) is 0 Å². The molecule has 2 amide bonds. The number of methoxy groups -OCH3 is 1. The molecule has 0 aliphatic carbocycles. The molecule has 1 atom stereocenters. The highest BCUT2D eigenvalue weighted by atomic mass is 32.2. The molecule has 0 aromatic carbocycles. The van der Waals surface area contributed by atoms with Crippen molar-refractivity contribution in [2.24, 2.45) is 0 Å². The van der Waals surface area contributed by atoms with Gasteiger partial charge in [-0.2, -0.15) is 0 Å². The summed E-state index contributed by atoms with van der Waals surface area (Å²) in [7, 11) is -1.71. The molecule has 9 heteroatoms. The molecule has 120 valence electrons. The van der Waals surface area contributed by atoms with E-state index in [9.17, 15) is 18.0 Å². The van der Waals surface area contributed by atoms with E-state index in [4.69, 9.17) is 0 Å². The van der Waals surface area contributed by atoms with Gasteiger partial charge in [0, 0.05) is 45.2 Å². The van der Waals surface area contributed by atoms with E-state index in [1.54, 1.807) is 9.80 Å². The molecule has 0 aromatic heterocycles. The molecule has 1 N–H and O–H groups in total. The fraction of sp³-hybridized carbons (Fsp3) is 0.833. The van der Waals surface area contributed by atoms with Crippen molar-refractivity contribution in [3.05, 3.63) is 0 Å². The van der Waals surface area contributed by atoms with Crippen LogP contribution in [0.4, 0.5) is 4.79 Å². The number of ether oxygens (including phenoxy) is 1. The first kappa shape index (κ1) is 16.0. The van der Waals surface area contributed by atoms with Crippen molar-refractivity contribution >= 4 is 21.8 Å². The number of nitrogens with zero attached hydrogens (tertiary/aromatic N) is 2. The van der Waals surface area contributed by atoms with Crippen LogP contribution in [0.15, 0.2) is 0 Å². The SMILES string of the molecule is COC(=O)N1CCN(C(=O)CC2CS(=O)(=O)CCN2)CC1. The Bertz CT molecular complexity index is 499. The minimum atomic E-state index is -3.03. The van der Waals surface area contributed by atoms with Gasteiger partial charge in [0.25, 0.3) is 0 Å². The number of hydrogen-bond acceptors (Lipinski definition) is 6. The van der Waals surface area contributed by atoms with Gasteiger partial charge in [-0.3, -0.25) is 4.79 Å². The summed E-state index contributed by atoms with van der Waals surface area (Å²) in [6, 6.07) is -0.310. The van der Waals surface area contributed by atoms with Crippen LogP contribution in [0, 0.1) is 0 Å². The lowest BCUT2D eigenvalue weighted by Gasteiger charge is -2.35. The third-order valence-electron chi connectivity index (χ3n) is 3.79. The zero-order chi connectivity index (χ0) is 15.5. The van der Waals surface area contributed by atoms with Gasteiger partial charge in [-0.1, -0.05) is 0 Å². The van der Waals surface area contributed by atoms with E-state index >= 15 is 0 Å². The van der Waals surface area contributed by atoms with E-state index in [1.165, 1.54) is 7.11 Å². The van der Waals surface area contributed by atoms with E-state index in [1.807, 2.05) is 0 Å². The average Bonchev–Trinajstić information content (AvgIpc) is 2.45. The third kappa shape index (κ3) is 4.31. The predicted octanol–water partition coefficient (Wildman–Crippen LogP) is -1.33. The molecule has 2 rings (SSSR count). The maximum atomic E-state index is 12.2. The number of hydrogen-bond donors (Lipinski definition) is 1. The first-order valence-corrected chi connectivity index (χ1v) is 8.78. The number of nitrogens with one attached hydrogen (secondary N) is 1. The lowest BCUT2D eigenvalue weighted by Crippen LogP contribution is -2.53. The molecular weight excluding hydrogens is 298 g/mol. The van der Waals surface area contributed by atoms with Gasteiger partial charge in [0.05, 0.1) is 18.6 Å². The number of rotatable bonds is 2. The minimum absolute atomic E-state index is 0.0147. The van der Waals surface area contributed by atoms with Crippen molar-refractivity contribution < 1.29 is 22.7 Å². The van der Waals surface area contributed by atoms with Crippen LogP contribution in [-0.2, 0) is 19.4 Å². The number of carbonyl (C=O) groups is 2. The number of piperazine rings is 1. The molecule has 0 aromatic rings. The van der Waals surface area contributed by atoms with E-state index in [2.05, 4.69) is 10.1 Å². The summed E-state index contributed by atoms with van der Waals surface area (Å²) in [5.41, 5.74) is 0. The third-order valence-corrected chi connectivity index (χ3v) is 5.52. The zero-order valence-corrected chi connectivity index (χ0v) is 12.9. The standard InChI is InChI=1S/C12H21N3O5S/c1-20-12(17)15-5-3-14(4-6-15)11(16)8-10-9-21(18,19)7-2-13-10/h10,13H,2-9H2,1H3. The minimum Gasteiger partial charge on any atom is -0.453 e. The molecule has 2 saturated heterocycles. The van der Waals surface area contributed by atoms with Crippen LogP contribution in [-0.4, -0.2) is 87.6 Å². The average molecular weight is 319 g/mol. The molecule has 0 bridgehead atoms. The lowest BCUT2D eigenvalue weighted by molar-refractivity contribution is -0.133. The fourth-order valence-electron chi connectivity index (χ4n) is 2.61. The maximum absolute atomic E-state index is 12.2. The van der Waals surface area contributed by atoms with Gasteiger partial charge < -0.3 is 19.9 Å². The highest BCUT2D eigenvalue weighted by molar-refractivity contribution is 7.91. The topological polar surface area (TPSA) is 96.0 Å². The first-order valence-electron chi connectivity index (χ1n) is 6.96. The molecule has 21 heavy (non-hydrogen) atoms. The predicted molar refractivity (Wildman–Crippen MR) is 75.6 cm³/mol. The first-order chi connectivity index (χ1) is 9.91. The molecule has 0 radical (unpaired) electrons. The van der Waals surface area contributed by atoms with Gasteiger partial charge in [-0.15, -0.1) is 0 Å². The van der Waals surface area contributed by atoms with Crippen LogP contribution in [0.2, 0.25) is 0 Å². The van der Waals surface area contributed by atoms with Gasteiger partial charge in [0.15, 0.2) is 9.84 Å². The highest BCUT2D eigenvalue weighted by Gasteiger charge is 2.29. The Kier molecular flexibility index (Phi) is 5.04. The summed E-state index contributed by atoms with van der Waals surface area (Å²) < 4.78 is 27.7. The Morgan fingerprint density at radius 2 is 1.81 bits per heavy atom. The van der Waals surface area contributed by atoms with Crippen LogP contribution in [0.25, 0.3) is 0 Å². The van der Waals surface area contributed by atoms with Crippen molar-refractivity contribution in [2.75, 3.05) is 51.3 Å². The number of sulfone groups is 1. The van der Waals surface area contributed by atoms with Crippen LogP contribution >= 0.6 is 0 Å². The van der Waals surface area contributed by atoms with Crippen molar-refractivity contribution in [3.8, 4) is 0 Å². The van der Waals surface area contributed by atoms with E-state index in [-0.39, 0.29) is 36.0 Å². The molecule has 1 unspecified atom stereocenters. The van der Waals surface area contributed by atoms with E-state index < -0.39 is 9.84 Å². The maximum Gasteiger partial charge on any atom is 0.409 e. The van der Waals surface area contributed by atoms with E-state index in [0.29, 0.717) is 32.7 Å². The summed E-state index contributed by atoms with van der Waals surface area (Å²) >= 11 is 0. The molecule has 0 saturated carbocycles. The van der Waals surface area contributed by atoms with Crippen LogP contribution in [0.1, 0.15) is 6.42 Å². The Balaban J connectivity index is 1.81. The van der Waals surface area contributed by atoms with Crippen LogP contribution in [0.5, 0.6) is 0 Å². The fourth-order valence-corrected chi connectivity index (χ4v) is 4.05. The lowest BCUT2D eigenvalue weighted by atomic mass is 10.2. The van der Waals surface area contributed by atoms with Crippen molar-refractivity contribution in [1.82, 2.24) is 15.1 Å². The monoisotopic (exact) mass is 319 g/mol. The molecular formula is C12H21N3O5S.